The van der Waals surface area contributed by atoms with E-state index >= 15 is 0 Å². The van der Waals surface area contributed by atoms with Crippen molar-refractivity contribution in [3.8, 4) is 17.2 Å². The summed E-state index contributed by atoms with van der Waals surface area (Å²) in [7, 11) is 1.35. The van der Waals surface area contributed by atoms with Crippen LogP contribution in [0.4, 0.5) is 14.5 Å². The molecule has 5 nitrogen and oxygen atoms in total. The standard InChI is InChI=1S/C21H23F2NO4/c1-4-11-27-16-7-8-17(14(2)12-16)24-20(25)10-6-15-5-9-18(28-21(22)23)19(13-15)26-3/h5-10,12-13,21H,4,11H2,1-3H3,(H,24,25)/b10-6+. The SMILES string of the molecule is CCCOc1ccc(NC(=O)/C=C/c2ccc(OC(F)F)c(OC)c2)c(C)c1. The quantitative estimate of drug-likeness (QED) is 0.608. The number of hydrogen-bond donors (Lipinski definition) is 1. The largest absolute Gasteiger partial charge is 0.494 e. The van der Waals surface area contributed by atoms with Crippen molar-refractivity contribution in [3.05, 3.63) is 53.6 Å². The van der Waals surface area contributed by atoms with Gasteiger partial charge in [0.25, 0.3) is 0 Å². The second-order valence-corrected chi connectivity index (χ2v) is 5.94. The Morgan fingerprint density at radius 2 is 1.96 bits per heavy atom. The highest BCUT2D eigenvalue weighted by atomic mass is 19.3. The van der Waals surface area contributed by atoms with Crippen molar-refractivity contribution >= 4 is 17.7 Å². The minimum Gasteiger partial charge on any atom is -0.494 e. The van der Waals surface area contributed by atoms with E-state index in [4.69, 9.17) is 9.47 Å². The third-order valence-electron chi connectivity index (χ3n) is 3.76. The Morgan fingerprint density at radius 3 is 2.61 bits per heavy atom. The minimum atomic E-state index is -2.94. The van der Waals surface area contributed by atoms with E-state index in [9.17, 15) is 13.6 Å². The van der Waals surface area contributed by atoms with Crippen LogP contribution in [0.1, 0.15) is 24.5 Å². The lowest BCUT2D eigenvalue weighted by Gasteiger charge is -2.10. The van der Waals surface area contributed by atoms with Gasteiger partial charge < -0.3 is 19.5 Å². The molecular weight excluding hydrogens is 368 g/mol. The van der Waals surface area contributed by atoms with Gasteiger partial charge in [0.05, 0.1) is 13.7 Å². The first kappa shape index (κ1) is 21.2. The monoisotopic (exact) mass is 391 g/mol. The molecule has 0 fully saturated rings. The number of carbonyl (C=O) groups excluding carboxylic acids is 1. The van der Waals surface area contributed by atoms with Crippen molar-refractivity contribution in [2.24, 2.45) is 0 Å². The Labute approximate surface area is 162 Å². The lowest BCUT2D eigenvalue weighted by molar-refractivity contribution is -0.111. The molecule has 0 radical (unpaired) electrons. The molecule has 0 aliphatic rings. The zero-order valence-electron chi connectivity index (χ0n) is 16.0. The maximum Gasteiger partial charge on any atom is 0.387 e. The number of anilines is 1. The van der Waals surface area contributed by atoms with Gasteiger partial charge in [-0.3, -0.25) is 4.79 Å². The molecule has 0 aliphatic carbocycles. The second kappa shape index (κ2) is 10.3. The first-order chi connectivity index (χ1) is 13.4. The molecule has 2 rings (SSSR count). The van der Waals surface area contributed by atoms with Crippen LogP contribution in [0.15, 0.2) is 42.5 Å². The topological polar surface area (TPSA) is 56.8 Å². The molecule has 2 aromatic carbocycles. The summed E-state index contributed by atoms with van der Waals surface area (Å²) in [6.07, 6.45) is 3.82. The van der Waals surface area contributed by atoms with Gasteiger partial charge >= 0.3 is 6.61 Å². The summed E-state index contributed by atoms with van der Waals surface area (Å²) in [5, 5.41) is 2.79. The van der Waals surface area contributed by atoms with Gasteiger partial charge in [0.2, 0.25) is 5.91 Å². The predicted octanol–water partition coefficient (Wildman–Crippen LogP) is 5.05. The normalized spacial score (nSPS) is 10.9. The number of methoxy groups -OCH3 is 1. The van der Waals surface area contributed by atoms with Crippen LogP contribution in [-0.4, -0.2) is 26.2 Å². The number of ether oxygens (including phenoxy) is 3. The van der Waals surface area contributed by atoms with E-state index < -0.39 is 6.61 Å². The molecule has 7 heteroatoms. The molecule has 0 saturated heterocycles. The highest BCUT2D eigenvalue weighted by Gasteiger charge is 2.10. The van der Waals surface area contributed by atoms with Crippen LogP contribution < -0.4 is 19.5 Å². The van der Waals surface area contributed by atoms with E-state index in [0.29, 0.717) is 17.9 Å². The van der Waals surface area contributed by atoms with Crippen LogP contribution in [0.25, 0.3) is 6.08 Å². The molecule has 0 unspecified atom stereocenters. The highest BCUT2D eigenvalue weighted by Crippen LogP contribution is 2.30. The maximum absolute atomic E-state index is 12.4. The number of benzene rings is 2. The summed E-state index contributed by atoms with van der Waals surface area (Å²) in [4.78, 5) is 12.2. The number of aryl methyl sites for hydroxylation is 1. The van der Waals surface area contributed by atoms with Crippen LogP contribution in [0, 0.1) is 6.92 Å². The zero-order valence-corrected chi connectivity index (χ0v) is 16.0. The maximum atomic E-state index is 12.4. The van der Waals surface area contributed by atoms with Crippen molar-refractivity contribution in [2.45, 2.75) is 26.9 Å². The van der Waals surface area contributed by atoms with E-state index in [1.54, 1.807) is 24.3 Å². The Hall–Kier alpha value is -3.09. The zero-order chi connectivity index (χ0) is 20.5. The van der Waals surface area contributed by atoms with Crippen molar-refractivity contribution in [2.75, 3.05) is 19.0 Å². The van der Waals surface area contributed by atoms with E-state index in [-0.39, 0.29) is 17.4 Å². The Balaban J connectivity index is 2.03. The van der Waals surface area contributed by atoms with Crippen molar-refractivity contribution < 1.29 is 27.8 Å². The summed E-state index contributed by atoms with van der Waals surface area (Å²) < 4.78 is 39.7. The van der Waals surface area contributed by atoms with Gasteiger partial charge in [-0.25, -0.2) is 0 Å². The summed E-state index contributed by atoms with van der Waals surface area (Å²) >= 11 is 0. The number of alkyl halides is 2. The van der Waals surface area contributed by atoms with Gasteiger partial charge in [0.1, 0.15) is 5.75 Å². The number of carbonyl (C=O) groups is 1. The molecule has 0 bridgehead atoms. The van der Waals surface area contributed by atoms with Crippen molar-refractivity contribution in [1.82, 2.24) is 0 Å². The van der Waals surface area contributed by atoms with Gasteiger partial charge in [-0.2, -0.15) is 8.78 Å². The van der Waals surface area contributed by atoms with Crippen LogP contribution in [0.2, 0.25) is 0 Å². The highest BCUT2D eigenvalue weighted by molar-refractivity contribution is 6.02. The Kier molecular flexibility index (Phi) is 7.80. The molecule has 150 valence electrons. The molecule has 1 N–H and O–H groups in total. The molecule has 0 heterocycles. The third-order valence-corrected chi connectivity index (χ3v) is 3.76. The Bertz CT molecular complexity index is 837. The van der Waals surface area contributed by atoms with Gasteiger partial charge in [-0.05, 0) is 60.9 Å². The number of amides is 1. The fourth-order valence-electron chi connectivity index (χ4n) is 2.41. The molecule has 2 aromatic rings. The number of halogens is 2. The number of rotatable bonds is 9. The first-order valence-corrected chi connectivity index (χ1v) is 8.78. The smallest absolute Gasteiger partial charge is 0.387 e. The van der Waals surface area contributed by atoms with Crippen LogP contribution >= 0.6 is 0 Å². The lowest BCUT2D eigenvalue weighted by Crippen LogP contribution is -2.09. The molecule has 0 saturated carbocycles. The van der Waals surface area contributed by atoms with E-state index in [2.05, 4.69) is 10.1 Å². The Morgan fingerprint density at radius 1 is 1.18 bits per heavy atom. The van der Waals surface area contributed by atoms with Crippen LogP contribution in [-0.2, 0) is 4.79 Å². The van der Waals surface area contributed by atoms with Gasteiger partial charge in [0.15, 0.2) is 11.5 Å². The van der Waals surface area contributed by atoms with E-state index in [0.717, 1.165) is 17.7 Å². The van der Waals surface area contributed by atoms with Gasteiger partial charge in [0, 0.05) is 11.8 Å². The lowest BCUT2D eigenvalue weighted by atomic mass is 10.1. The van der Waals surface area contributed by atoms with Crippen molar-refractivity contribution in [1.29, 1.82) is 0 Å². The molecule has 0 atom stereocenters. The summed E-state index contributed by atoms with van der Waals surface area (Å²) in [5.41, 5.74) is 2.16. The molecule has 0 aliphatic heterocycles. The van der Waals surface area contributed by atoms with Crippen LogP contribution in [0.5, 0.6) is 17.2 Å². The fourth-order valence-corrected chi connectivity index (χ4v) is 2.41. The van der Waals surface area contributed by atoms with E-state index in [1.807, 2.05) is 19.9 Å². The predicted molar refractivity (Wildman–Crippen MR) is 104 cm³/mol. The fraction of sp³-hybridized carbons (Fsp3) is 0.286. The van der Waals surface area contributed by atoms with E-state index in [1.165, 1.54) is 25.3 Å². The average Bonchev–Trinajstić information content (AvgIpc) is 2.67. The third kappa shape index (κ3) is 6.26. The van der Waals surface area contributed by atoms with Crippen molar-refractivity contribution in [3.63, 3.8) is 0 Å². The molecular formula is C21H23F2NO4. The van der Waals surface area contributed by atoms with Gasteiger partial charge in [-0.1, -0.05) is 13.0 Å². The van der Waals surface area contributed by atoms with Gasteiger partial charge in [-0.15, -0.1) is 0 Å². The average molecular weight is 391 g/mol. The molecule has 0 aromatic heterocycles. The number of nitrogens with one attached hydrogen (secondary N) is 1. The number of hydrogen-bond acceptors (Lipinski definition) is 4. The molecule has 0 spiro atoms. The molecule has 28 heavy (non-hydrogen) atoms. The minimum absolute atomic E-state index is 0.0693. The summed E-state index contributed by atoms with van der Waals surface area (Å²) in [6, 6.07) is 9.87. The van der Waals surface area contributed by atoms with Crippen LogP contribution in [0.3, 0.4) is 0 Å². The first-order valence-electron chi connectivity index (χ1n) is 8.78. The second-order valence-electron chi connectivity index (χ2n) is 5.94. The summed E-state index contributed by atoms with van der Waals surface area (Å²) in [5.74, 6) is 0.518. The molecule has 1 amide bonds. The summed E-state index contributed by atoms with van der Waals surface area (Å²) in [6.45, 7) is 1.61.